The Balaban J connectivity index is 1.74. The van der Waals surface area contributed by atoms with Crippen LogP contribution >= 0.6 is 11.8 Å². The highest BCUT2D eigenvalue weighted by molar-refractivity contribution is 7.99. The van der Waals surface area contributed by atoms with Crippen LogP contribution in [0.1, 0.15) is 37.6 Å². The number of carbonyl (C=O) groups is 2. The maximum Gasteiger partial charge on any atom is 0.407 e. The molecule has 25 heavy (non-hydrogen) atoms. The highest BCUT2D eigenvalue weighted by atomic mass is 32.2. The van der Waals surface area contributed by atoms with E-state index < -0.39 is 11.7 Å². The minimum atomic E-state index is -0.543. The van der Waals surface area contributed by atoms with Gasteiger partial charge in [-0.1, -0.05) is 0 Å². The molecule has 1 unspecified atom stereocenters. The van der Waals surface area contributed by atoms with Gasteiger partial charge in [-0.3, -0.25) is 4.79 Å². The van der Waals surface area contributed by atoms with Crippen LogP contribution in [0, 0.1) is 0 Å². The quantitative estimate of drug-likeness (QED) is 0.750. The van der Waals surface area contributed by atoms with Crippen molar-refractivity contribution in [3.63, 3.8) is 0 Å². The van der Waals surface area contributed by atoms with Crippen LogP contribution in [0.2, 0.25) is 0 Å². The third kappa shape index (κ3) is 7.21. The van der Waals surface area contributed by atoms with E-state index in [1.165, 1.54) is 0 Å². The fraction of sp³-hybridized carbons (Fsp3) is 0.588. The van der Waals surface area contributed by atoms with Gasteiger partial charge < -0.3 is 20.1 Å². The van der Waals surface area contributed by atoms with E-state index >= 15 is 0 Å². The second kappa shape index (κ2) is 8.94. The predicted octanol–water partition coefficient (Wildman–Crippen LogP) is 2.22. The minimum absolute atomic E-state index is 0.161. The Kier molecular flexibility index (Phi) is 6.92. The molecule has 0 aliphatic carbocycles. The number of rotatable bonds is 6. The Morgan fingerprint density at radius 3 is 2.76 bits per heavy atom. The molecule has 1 aliphatic heterocycles. The largest absolute Gasteiger partial charge is 0.473 e. The van der Waals surface area contributed by atoms with Crippen LogP contribution in [0.15, 0.2) is 18.3 Å². The van der Waals surface area contributed by atoms with Gasteiger partial charge in [0.1, 0.15) is 11.7 Å². The third-order valence-corrected chi connectivity index (χ3v) is 4.38. The second-order valence-corrected chi connectivity index (χ2v) is 7.82. The van der Waals surface area contributed by atoms with Crippen LogP contribution in [-0.2, 0) is 4.74 Å². The molecule has 2 rings (SSSR count). The predicted molar refractivity (Wildman–Crippen MR) is 97.2 cm³/mol. The summed E-state index contributed by atoms with van der Waals surface area (Å²) in [7, 11) is 0. The smallest absolute Gasteiger partial charge is 0.407 e. The molecular formula is C17H25N3O4S. The van der Waals surface area contributed by atoms with Crippen LogP contribution in [0.5, 0.6) is 5.88 Å². The van der Waals surface area contributed by atoms with Crippen molar-refractivity contribution in [1.29, 1.82) is 0 Å². The Bertz CT molecular complexity index is 598. The van der Waals surface area contributed by atoms with Crippen molar-refractivity contribution < 1.29 is 19.1 Å². The van der Waals surface area contributed by atoms with E-state index in [1.54, 1.807) is 39.1 Å². The van der Waals surface area contributed by atoms with E-state index in [0.717, 1.165) is 17.9 Å². The summed E-state index contributed by atoms with van der Waals surface area (Å²) >= 11 is 1.85. The van der Waals surface area contributed by atoms with E-state index in [2.05, 4.69) is 15.6 Å². The summed E-state index contributed by atoms with van der Waals surface area (Å²) < 4.78 is 10.9. The van der Waals surface area contributed by atoms with Gasteiger partial charge in [0.05, 0.1) is 0 Å². The maximum absolute atomic E-state index is 12.2. The molecule has 2 amide bonds. The molecule has 1 saturated heterocycles. The van der Waals surface area contributed by atoms with Crippen molar-refractivity contribution in [2.24, 2.45) is 0 Å². The van der Waals surface area contributed by atoms with Crippen LogP contribution in [-0.4, -0.2) is 53.3 Å². The summed E-state index contributed by atoms with van der Waals surface area (Å²) in [6.07, 6.45) is 2.22. The molecule has 8 heteroatoms. The Morgan fingerprint density at radius 1 is 1.32 bits per heavy atom. The first-order chi connectivity index (χ1) is 11.8. The Labute approximate surface area is 152 Å². The van der Waals surface area contributed by atoms with Crippen LogP contribution in [0.3, 0.4) is 0 Å². The molecule has 7 nitrogen and oxygen atoms in total. The SMILES string of the molecule is CC(C)(C)OC(=O)NCCNC(=O)c1ccnc(OC2CCSC2)c1. The molecule has 138 valence electrons. The second-order valence-electron chi connectivity index (χ2n) is 6.67. The summed E-state index contributed by atoms with van der Waals surface area (Å²) in [5, 5.41) is 5.33. The number of carbonyl (C=O) groups excluding carboxylic acids is 2. The first-order valence-electron chi connectivity index (χ1n) is 8.29. The van der Waals surface area contributed by atoms with E-state index in [1.807, 2.05) is 11.8 Å². The zero-order valence-electron chi connectivity index (χ0n) is 14.8. The Morgan fingerprint density at radius 2 is 2.08 bits per heavy atom. The van der Waals surface area contributed by atoms with Crippen LogP contribution in [0.4, 0.5) is 4.79 Å². The number of ether oxygens (including phenoxy) is 2. The molecule has 1 aromatic rings. The number of nitrogens with one attached hydrogen (secondary N) is 2. The fourth-order valence-corrected chi connectivity index (χ4v) is 3.24. The molecule has 1 fully saturated rings. The van der Waals surface area contributed by atoms with Gasteiger partial charge >= 0.3 is 6.09 Å². The first kappa shape index (κ1) is 19.4. The molecular weight excluding hydrogens is 342 g/mol. The summed E-state index contributed by atoms with van der Waals surface area (Å²) in [5.74, 6) is 2.27. The number of alkyl carbamates (subject to hydrolysis) is 1. The average Bonchev–Trinajstić information content (AvgIpc) is 3.03. The standard InChI is InChI=1S/C17H25N3O4S/c1-17(2,3)24-16(22)20-8-7-19-15(21)12-4-6-18-14(10-12)23-13-5-9-25-11-13/h4,6,10,13H,5,7-9,11H2,1-3H3,(H,19,21)(H,20,22). The maximum atomic E-state index is 12.2. The summed E-state index contributed by atoms with van der Waals surface area (Å²) in [6, 6.07) is 3.27. The molecule has 2 N–H and O–H groups in total. The molecule has 0 bridgehead atoms. The van der Waals surface area contributed by atoms with Crippen molar-refractivity contribution in [2.75, 3.05) is 24.6 Å². The summed E-state index contributed by atoms with van der Waals surface area (Å²) in [5.41, 5.74) is -0.0635. The Hall–Kier alpha value is -1.96. The number of thioether (sulfide) groups is 1. The van der Waals surface area contributed by atoms with Crippen molar-refractivity contribution in [1.82, 2.24) is 15.6 Å². The van der Waals surface area contributed by atoms with Gasteiger partial charge in [0.25, 0.3) is 5.91 Å². The highest BCUT2D eigenvalue weighted by Crippen LogP contribution is 2.22. The van der Waals surface area contributed by atoms with E-state index in [9.17, 15) is 9.59 Å². The molecule has 2 heterocycles. The van der Waals surface area contributed by atoms with E-state index in [4.69, 9.17) is 9.47 Å². The number of pyridine rings is 1. The van der Waals surface area contributed by atoms with Gasteiger partial charge in [0.15, 0.2) is 0 Å². The molecule has 0 saturated carbocycles. The van der Waals surface area contributed by atoms with Crippen molar-refractivity contribution >= 4 is 23.8 Å². The number of nitrogens with zero attached hydrogens (tertiary/aromatic N) is 1. The zero-order chi connectivity index (χ0) is 18.3. The lowest BCUT2D eigenvalue weighted by molar-refractivity contribution is 0.0526. The van der Waals surface area contributed by atoms with E-state index in [-0.39, 0.29) is 18.6 Å². The molecule has 1 aliphatic rings. The van der Waals surface area contributed by atoms with Gasteiger partial charge in [-0.25, -0.2) is 9.78 Å². The van der Waals surface area contributed by atoms with Crippen molar-refractivity contribution in [3.05, 3.63) is 23.9 Å². The number of aromatic nitrogens is 1. The van der Waals surface area contributed by atoms with Gasteiger partial charge in [0.2, 0.25) is 5.88 Å². The number of amides is 2. The fourth-order valence-electron chi connectivity index (χ4n) is 2.15. The topological polar surface area (TPSA) is 89.6 Å². The normalized spacial score (nSPS) is 17.0. The number of hydrogen-bond donors (Lipinski definition) is 2. The average molecular weight is 367 g/mol. The third-order valence-electron chi connectivity index (χ3n) is 3.25. The van der Waals surface area contributed by atoms with Crippen molar-refractivity contribution in [2.45, 2.75) is 38.9 Å². The molecule has 0 aromatic carbocycles. The lowest BCUT2D eigenvalue weighted by Gasteiger charge is -2.19. The van der Waals surface area contributed by atoms with Crippen LogP contribution in [0.25, 0.3) is 0 Å². The van der Waals surface area contributed by atoms with Crippen LogP contribution < -0.4 is 15.4 Å². The van der Waals surface area contributed by atoms with Gasteiger partial charge in [0, 0.05) is 36.7 Å². The summed E-state index contributed by atoms with van der Waals surface area (Å²) in [4.78, 5) is 27.8. The number of hydrogen-bond acceptors (Lipinski definition) is 6. The summed E-state index contributed by atoms with van der Waals surface area (Å²) in [6.45, 7) is 5.97. The molecule has 0 radical (unpaired) electrons. The minimum Gasteiger partial charge on any atom is -0.473 e. The van der Waals surface area contributed by atoms with Gasteiger partial charge in [-0.05, 0) is 39.0 Å². The lowest BCUT2D eigenvalue weighted by atomic mass is 10.2. The molecule has 1 atom stereocenters. The van der Waals surface area contributed by atoms with E-state index in [0.29, 0.717) is 18.0 Å². The highest BCUT2D eigenvalue weighted by Gasteiger charge is 2.18. The molecule has 0 spiro atoms. The monoisotopic (exact) mass is 367 g/mol. The van der Waals surface area contributed by atoms with Gasteiger partial charge in [-0.2, -0.15) is 11.8 Å². The first-order valence-corrected chi connectivity index (χ1v) is 9.44. The zero-order valence-corrected chi connectivity index (χ0v) is 15.6. The molecule has 1 aromatic heterocycles. The lowest BCUT2D eigenvalue weighted by Crippen LogP contribution is -2.37. The van der Waals surface area contributed by atoms with Crippen molar-refractivity contribution in [3.8, 4) is 5.88 Å². The van der Waals surface area contributed by atoms with Gasteiger partial charge in [-0.15, -0.1) is 0 Å².